The number of carbonyl (C=O) groups excluding carboxylic acids is 1. The van der Waals surface area contributed by atoms with Crippen LogP contribution in [0, 0.1) is 5.82 Å². The van der Waals surface area contributed by atoms with Gasteiger partial charge < -0.3 is 9.64 Å². The van der Waals surface area contributed by atoms with Crippen LogP contribution in [0.2, 0.25) is 0 Å². The lowest BCUT2D eigenvalue weighted by Crippen LogP contribution is -2.39. The summed E-state index contributed by atoms with van der Waals surface area (Å²) in [6, 6.07) is 4.08. The van der Waals surface area contributed by atoms with E-state index in [1.807, 2.05) is 0 Å². The van der Waals surface area contributed by atoms with Crippen LogP contribution in [-0.2, 0) is 0 Å². The van der Waals surface area contributed by atoms with Gasteiger partial charge in [0.2, 0.25) is 0 Å². The van der Waals surface area contributed by atoms with Crippen LogP contribution in [0.1, 0.15) is 41.5 Å². The number of aromatic nitrogens is 3. The Morgan fingerprint density at radius 3 is 3.00 bits per heavy atom. The molecule has 1 N–H and O–H groups in total. The van der Waals surface area contributed by atoms with E-state index in [-0.39, 0.29) is 17.5 Å². The van der Waals surface area contributed by atoms with Crippen molar-refractivity contribution in [3.63, 3.8) is 0 Å². The van der Waals surface area contributed by atoms with E-state index in [1.165, 1.54) is 25.6 Å². The smallest absolute Gasteiger partial charge is 0.257 e. The van der Waals surface area contributed by atoms with Gasteiger partial charge in [-0.2, -0.15) is 5.10 Å². The number of nitrogens with one attached hydrogen (secondary N) is 1. The zero-order valence-corrected chi connectivity index (χ0v) is 12.3. The van der Waals surface area contributed by atoms with Gasteiger partial charge in [0.05, 0.1) is 18.7 Å². The molecule has 0 radical (unpaired) electrons. The number of H-pyrrole nitrogens is 1. The van der Waals surface area contributed by atoms with E-state index < -0.39 is 5.82 Å². The first-order chi connectivity index (χ1) is 10.7. The van der Waals surface area contributed by atoms with Gasteiger partial charge in [0, 0.05) is 12.6 Å². The van der Waals surface area contributed by atoms with Gasteiger partial charge >= 0.3 is 0 Å². The Labute approximate surface area is 127 Å². The number of nitrogens with zero attached hydrogens (tertiary/aromatic N) is 3. The van der Waals surface area contributed by atoms with Crippen molar-refractivity contribution < 1.29 is 13.9 Å². The summed E-state index contributed by atoms with van der Waals surface area (Å²) in [6.07, 6.45) is 4.10. The third-order valence-electron chi connectivity index (χ3n) is 3.92. The standard InChI is InChI=1S/C15H17FN4O2/c1-22-10-5-6-11(12(16)8-10)15(21)20-7-3-2-4-13(20)14-17-9-18-19-14/h5-6,8-9,13H,2-4,7H2,1H3,(H,17,18,19). The molecule has 0 aliphatic carbocycles. The first-order valence-electron chi connectivity index (χ1n) is 7.20. The van der Waals surface area contributed by atoms with E-state index in [0.29, 0.717) is 18.1 Å². The number of likely N-dealkylation sites (tertiary alicyclic amines) is 1. The van der Waals surface area contributed by atoms with Crippen molar-refractivity contribution >= 4 is 5.91 Å². The predicted octanol–water partition coefficient (Wildman–Crippen LogP) is 2.32. The second kappa shape index (κ2) is 6.13. The predicted molar refractivity (Wildman–Crippen MR) is 77.0 cm³/mol. The first-order valence-corrected chi connectivity index (χ1v) is 7.20. The number of amides is 1. The molecule has 0 bridgehead atoms. The Balaban J connectivity index is 1.89. The molecule has 1 saturated heterocycles. The Hall–Kier alpha value is -2.44. The van der Waals surface area contributed by atoms with Crippen molar-refractivity contribution in [1.82, 2.24) is 20.1 Å². The fourth-order valence-corrected chi connectivity index (χ4v) is 2.79. The highest BCUT2D eigenvalue weighted by molar-refractivity contribution is 5.95. The minimum atomic E-state index is -0.578. The summed E-state index contributed by atoms with van der Waals surface area (Å²) in [4.78, 5) is 18.5. The van der Waals surface area contributed by atoms with Crippen LogP contribution in [0.15, 0.2) is 24.5 Å². The minimum Gasteiger partial charge on any atom is -0.497 e. The summed E-state index contributed by atoms with van der Waals surface area (Å²) >= 11 is 0. The van der Waals surface area contributed by atoms with Crippen molar-refractivity contribution in [2.75, 3.05) is 13.7 Å². The largest absolute Gasteiger partial charge is 0.497 e. The van der Waals surface area contributed by atoms with Crippen LogP contribution in [-0.4, -0.2) is 39.6 Å². The van der Waals surface area contributed by atoms with Crippen LogP contribution in [0.4, 0.5) is 4.39 Å². The zero-order valence-electron chi connectivity index (χ0n) is 12.3. The number of methoxy groups -OCH3 is 1. The van der Waals surface area contributed by atoms with Crippen molar-refractivity contribution in [2.45, 2.75) is 25.3 Å². The maximum atomic E-state index is 14.1. The van der Waals surface area contributed by atoms with Gasteiger partial charge in [0.25, 0.3) is 5.91 Å². The van der Waals surface area contributed by atoms with Gasteiger partial charge in [0.15, 0.2) is 0 Å². The van der Waals surface area contributed by atoms with Crippen LogP contribution >= 0.6 is 0 Å². The fourth-order valence-electron chi connectivity index (χ4n) is 2.79. The molecule has 7 heteroatoms. The Morgan fingerprint density at radius 2 is 2.32 bits per heavy atom. The zero-order chi connectivity index (χ0) is 15.5. The SMILES string of the molecule is COc1ccc(C(=O)N2CCCCC2c2ncn[nH]2)c(F)c1. The molecule has 0 saturated carbocycles. The van der Waals surface area contributed by atoms with E-state index >= 15 is 0 Å². The van der Waals surface area contributed by atoms with Crippen LogP contribution < -0.4 is 4.74 Å². The van der Waals surface area contributed by atoms with Gasteiger partial charge in [-0.1, -0.05) is 0 Å². The van der Waals surface area contributed by atoms with E-state index in [0.717, 1.165) is 19.3 Å². The topological polar surface area (TPSA) is 71.1 Å². The second-order valence-corrected chi connectivity index (χ2v) is 5.23. The van der Waals surface area contributed by atoms with Crippen LogP contribution in [0.25, 0.3) is 0 Å². The molecule has 1 aromatic heterocycles. The number of piperidine rings is 1. The normalized spacial score (nSPS) is 18.3. The number of carbonyl (C=O) groups is 1. The molecule has 0 spiro atoms. The van der Waals surface area contributed by atoms with E-state index in [4.69, 9.17) is 4.74 Å². The maximum Gasteiger partial charge on any atom is 0.257 e. The molecule has 2 aromatic rings. The maximum absolute atomic E-state index is 14.1. The molecule has 1 aliphatic rings. The number of rotatable bonds is 3. The molecule has 1 aromatic carbocycles. The lowest BCUT2D eigenvalue weighted by molar-refractivity contribution is 0.0595. The number of benzene rings is 1. The quantitative estimate of drug-likeness (QED) is 0.944. The molecule has 22 heavy (non-hydrogen) atoms. The van der Waals surface area contributed by atoms with Crippen molar-refractivity contribution in [3.8, 4) is 5.75 Å². The molecule has 1 unspecified atom stereocenters. The molecule has 1 aliphatic heterocycles. The van der Waals surface area contributed by atoms with Crippen LogP contribution in [0.5, 0.6) is 5.75 Å². The highest BCUT2D eigenvalue weighted by Gasteiger charge is 2.31. The van der Waals surface area contributed by atoms with Gasteiger partial charge in [-0.05, 0) is 31.4 Å². The van der Waals surface area contributed by atoms with Gasteiger partial charge in [0.1, 0.15) is 23.7 Å². The molecule has 1 fully saturated rings. The monoisotopic (exact) mass is 304 g/mol. The third kappa shape index (κ3) is 2.66. The number of aromatic amines is 1. The lowest BCUT2D eigenvalue weighted by atomic mass is 10.00. The molecule has 116 valence electrons. The Morgan fingerprint density at radius 1 is 1.45 bits per heavy atom. The fraction of sp³-hybridized carbons (Fsp3) is 0.400. The minimum absolute atomic E-state index is 0.0483. The summed E-state index contributed by atoms with van der Waals surface area (Å²) in [5, 5.41) is 6.65. The van der Waals surface area contributed by atoms with Crippen molar-refractivity contribution in [1.29, 1.82) is 0 Å². The summed E-state index contributed by atoms with van der Waals surface area (Å²) in [6.45, 7) is 0.579. The van der Waals surface area contributed by atoms with Crippen molar-refractivity contribution in [2.24, 2.45) is 0 Å². The second-order valence-electron chi connectivity index (χ2n) is 5.23. The third-order valence-corrected chi connectivity index (χ3v) is 3.92. The summed E-state index contributed by atoms with van der Waals surface area (Å²) in [5.41, 5.74) is 0.0483. The molecule has 2 heterocycles. The summed E-state index contributed by atoms with van der Waals surface area (Å²) in [5.74, 6) is 0.119. The molecule has 1 atom stereocenters. The Bertz CT molecular complexity index is 660. The van der Waals surface area contributed by atoms with E-state index in [9.17, 15) is 9.18 Å². The number of hydrogen-bond acceptors (Lipinski definition) is 4. The van der Waals surface area contributed by atoms with Gasteiger partial charge in [-0.15, -0.1) is 0 Å². The lowest BCUT2D eigenvalue weighted by Gasteiger charge is -2.34. The van der Waals surface area contributed by atoms with Crippen molar-refractivity contribution in [3.05, 3.63) is 41.7 Å². The Kier molecular flexibility index (Phi) is 4.04. The first kappa shape index (κ1) is 14.5. The molecule has 1 amide bonds. The summed E-state index contributed by atoms with van der Waals surface area (Å²) in [7, 11) is 1.46. The van der Waals surface area contributed by atoms with E-state index in [2.05, 4.69) is 15.2 Å². The number of hydrogen-bond donors (Lipinski definition) is 1. The van der Waals surface area contributed by atoms with Gasteiger partial charge in [-0.25, -0.2) is 9.37 Å². The molecule has 3 rings (SSSR count). The summed E-state index contributed by atoms with van der Waals surface area (Å²) < 4.78 is 19.1. The highest BCUT2D eigenvalue weighted by atomic mass is 19.1. The average molecular weight is 304 g/mol. The highest BCUT2D eigenvalue weighted by Crippen LogP contribution is 2.30. The number of halogens is 1. The number of ether oxygens (including phenoxy) is 1. The van der Waals surface area contributed by atoms with Crippen LogP contribution in [0.3, 0.4) is 0 Å². The molecular formula is C15H17FN4O2. The molecular weight excluding hydrogens is 287 g/mol. The van der Waals surface area contributed by atoms with Gasteiger partial charge in [-0.3, -0.25) is 9.89 Å². The molecule has 6 nitrogen and oxygen atoms in total. The average Bonchev–Trinajstić information content (AvgIpc) is 3.08. The van der Waals surface area contributed by atoms with E-state index in [1.54, 1.807) is 11.0 Å².